The highest BCUT2D eigenvalue weighted by Gasteiger charge is 2.08. The fourth-order valence-corrected chi connectivity index (χ4v) is 4.15. The number of rotatable bonds is 8. The van der Waals surface area contributed by atoms with Crippen molar-refractivity contribution in [1.82, 2.24) is 10.3 Å². The van der Waals surface area contributed by atoms with Crippen LogP contribution in [0.4, 0.5) is 0 Å². The molecule has 0 saturated heterocycles. The van der Waals surface area contributed by atoms with E-state index in [1.807, 2.05) is 41.9 Å². The van der Waals surface area contributed by atoms with Gasteiger partial charge in [0.2, 0.25) is 0 Å². The highest BCUT2D eigenvalue weighted by atomic mass is 32.2. The van der Waals surface area contributed by atoms with Crippen LogP contribution in [0.3, 0.4) is 0 Å². The number of aryl methyl sites for hydroxylation is 1. The van der Waals surface area contributed by atoms with E-state index in [-0.39, 0.29) is 5.91 Å². The van der Waals surface area contributed by atoms with Crippen LogP contribution in [-0.4, -0.2) is 24.5 Å². The van der Waals surface area contributed by atoms with Crippen LogP contribution >= 0.6 is 23.1 Å². The van der Waals surface area contributed by atoms with Crippen LogP contribution in [0.15, 0.2) is 58.3 Å². The van der Waals surface area contributed by atoms with E-state index < -0.39 is 0 Å². The lowest BCUT2D eigenvalue weighted by Crippen LogP contribution is -2.25. The summed E-state index contributed by atoms with van der Waals surface area (Å²) >= 11 is 3.32. The quantitative estimate of drug-likeness (QED) is 0.558. The average molecular weight is 399 g/mol. The molecule has 0 radical (unpaired) electrons. The number of hydrogen-bond acceptors (Lipinski definition) is 5. The molecule has 1 N–H and O–H groups in total. The molecule has 0 atom stereocenters. The van der Waals surface area contributed by atoms with E-state index in [2.05, 4.69) is 28.7 Å². The van der Waals surface area contributed by atoms with Crippen molar-refractivity contribution in [3.05, 3.63) is 75.7 Å². The Labute approximate surface area is 168 Å². The number of carbonyl (C=O) groups is 1. The SMILES string of the molecule is COc1ccc(C)cc1CCNC(=O)c1ccc(SCc2cscn2)cc1. The third kappa shape index (κ3) is 5.58. The summed E-state index contributed by atoms with van der Waals surface area (Å²) in [6.45, 7) is 2.62. The molecule has 0 aliphatic rings. The van der Waals surface area contributed by atoms with Crippen molar-refractivity contribution in [3.8, 4) is 5.75 Å². The number of amides is 1. The second-order valence-electron chi connectivity index (χ2n) is 6.11. The highest BCUT2D eigenvalue weighted by molar-refractivity contribution is 7.98. The Morgan fingerprint density at radius 3 is 2.74 bits per heavy atom. The molecule has 0 unspecified atom stereocenters. The minimum absolute atomic E-state index is 0.0577. The molecule has 0 bridgehead atoms. The van der Waals surface area contributed by atoms with Gasteiger partial charge in [-0.1, -0.05) is 17.7 Å². The molecule has 0 spiro atoms. The van der Waals surface area contributed by atoms with E-state index in [0.717, 1.165) is 34.1 Å². The topological polar surface area (TPSA) is 51.2 Å². The Morgan fingerprint density at radius 2 is 2.04 bits per heavy atom. The van der Waals surface area contributed by atoms with Gasteiger partial charge in [-0.25, -0.2) is 4.98 Å². The maximum absolute atomic E-state index is 12.4. The zero-order valence-electron chi connectivity index (χ0n) is 15.4. The van der Waals surface area contributed by atoms with Crippen molar-refractivity contribution in [2.75, 3.05) is 13.7 Å². The van der Waals surface area contributed by atoms with Gasteiger partial charge in [0.15, 0.2) is 0 Å². The number of thioether (sulfide) groups is 1. The standard InChI is InChI=1S/C21H22N2O2S2/c1-15-3-8-20(25-2)17(11-15)9-10-22-21(24)16-4-6-19(7-5-16)27-13-18-12-26-14-23-18/h3-8,11-12,14H,9-10,13H2,1-2H3,(H,22,24). The number of thiazole rings is 1. The van der Waals surface area contributed by atoms with Gasteiger partial charge < -0.3 is 10.1 Å². The lowest BCUT2D eigenvalue weighted by Gasteiger charge is -2.10. The van der Waals surface area contributed by atoms with E-state index in [1.165, 1.54) is 5.56 Å². The molecule has 3 aromatic rings. The van der Waals surface area contributed by atoms with Crippen molar-refractivity contribution in [2.45, 2.75) is 24.0 Å². The summed E-state index contributed by atoms with van der Waals surface area (Å²) in [5.74, 6) is 1.64. The normalized spacial score (nSPS) is 10.6. The van der Waals surface area contributed by atoms with E-state index in [0.29, 0.717) is 12.1 Å². The van der Waals surface area contributed by atoms with E-state index >= 15 is 0 Å². The molecule has 6 heteroatoms. The zero-order valence-corrected chi connectivity index (χ0v) is 17.0. The monoisotopic (exact) mass is 398 g/mol. The number of nitrogens with zero attached hydrogens (tertiary/aromatic N) is 1. The molecule has 1 aromatic heterocycles. The van der Waals surface area contributed by atoms with E-state index in [4.69, 9.17) is 4.74 Å². The van der Waals surface area contributed by atoms with Gasteiger partial charge >= 0.3 is 0 Å². The summed E-state index contributed by atoms with van der Waals surface area (Å²) in [6.07, 6.45) is 0.734. The average Bonchev–Trinajstić information content (AvgIpc) is 3.20. The zero-order chi connectivity index (χ0) is 19.1. The molecule has 0 saturated carbocycles. The molecular formula is C21H22N2O2S2. The van der Waals surface area contributed by atoms with E-state index in [1.54, 1.807) is 30.2 Å². The molecule has 1 heterocycles. The Morgan fingerprint density at radius 1 is 1.22 bits per heavy atom. The summed E-state index contributed by atoms with van der Waals surface area (Å²) in [6, 6.07) is 13.8. The number of aromatic nitrogens is 1. The van der Waals surface area contributed by atoms with Crippen molar-refractivity contribution in [2.24, 2.45) is 0 Å². The summed E-state index contributed by atoms with van der Waals surface area (Å²) in [7, 11) is 1.67. The number of ether oxygens (including phenoxy) is 1. The van der Waals surface area contributed by atoms with Gasteiger partial charge in [-0.15, -0.1) is 23.1 Å². The van der Waals surface area contributed by atoms with Crippen LogP contribution in [0.1, 0.15) is 27.2 Å². The van der Waals surface area contributed by atoms with Gasteiger partial charge in [0.1, 0.15) is 5.75 Å². The molecule has 0 aliphatic carbocycles. The van der Waals surface area contributed by atoms with Gasteiger partial charge in [0.25, 0.3) is 5.91 Å². The van der Waals surface area contributed by atoms with Crippen LogP contribution < -0.4 is 10.1 Å². The summed E-state index contributed by atoms with van der Waals surface area (Å²) in [5, 5.41) is 5.04. The fourth-order valence-electron chi connectivity index (χ4n) is 2.68. The first-order valence-corrected chi connectivity index (χ1v) is 10.6. The van der Waals surface area contributed by atoms with Crippen LogP contribution in [0, 0.1) is 6.92 Å². The van der Waals surface area contributed by atoms with Crippen LogP contribution in [-0.2, 0) is 12.2 Å². The Balaban J connectivity index is 1.50. The minimum atomic E-state index is -0.0577. The van der Waals surface area contributed by atoms with Gasteiger partial charge in [-0.3, -0.25) is 4.79 Å². The van der Waals surface area contributed by atoms with Crippen LogP contribution in [0.5, 0.6) is 5.75 Å². The number of methoxy groups -OCH3 is 1. The van der Waals surface area contributed by atoms with E-state index in [9.17, 15) is 4.79 Å². The lowest BCUT2D eigenvalue weighted by molar-refractivity contribution is 0.0954. The molecule has 3 rings (SSSR count). The van der Waals surface area contributed by atoms with Gasteiger partial charge in [0.05, 0.1) is 18.3 Å². The molecule has 140 valence electrons. The lowest BCUT2D eigenvalue weighted by atomic mass is 10.1. The number of benzene rings is 2. The first kappa shape index (κ1) is 19.5. The number of nitrogens with one attached hydrogen (secondary N) is 1. The summed E-state index contributed by atoms with van der Waals surface area (Å²) in [5.41, 5.74) is 5.88. The predicted octanol–water partition coefficient (Wildman–Crippen LogP) is 4.72. The highest BCUT2D eigenvalue weighted by Crippen LogP contribution is 2.23. The molecule has 0 fully saturated rings. The summed E-state index contributed by atoms with van der Waals surface area (Å²) < 4.78 is 5.39. The molecule has 2 aromatic carbocycles. The smallest absolute Gasteiger partial charge is 0.251 e. The Bertz CT molecular complexity index is 878. The Kier molecular flexibility index (Phi) is 6.90. The first-order valence-electron chi connectivity index (χ1n) is 8.67. The molecular weight excluding hydrogens is 376 g/mol. The van der Waals surface area contributed by atoms with Crippen molar-refractivity contribution >= 4 is 29.0 Å². The van der Waals surface area contributed by atoms with Gasteiger partial charge in [0, 0.05) is 28.1 Å². The molecule has 27 heavy (non-hydrogen) atoms. The van der Waals surface area contributed by atoms with Gasteiger partial charge in [-0.2, -0.15) is 0 Å². The summed E-state index contributed by atoms with van der Waals surface area (Å²) in [4.78, 5) is 17.8. The first-order chi connectivity index (χ1) is 13.2. The van der Waals surface area contributed by atoms with Crippen LogP contribution in [0.25, 0.3) is 0 Å². The largest absolute Gasteiger partial charge is 0.496 e. The number of carbonyl (C=O) groups excluding carboxylic acids is 1. The number of hydrogen-bond donors (Lipinski definition) is 1. The molecule has 1 amide bonds. The third-order valence-electron chi connectivity index (χ3n) is 4.10. The van der Waals surface area contributed by atoms with Crippen LogP contribution in [0.2, 0.25) is 0 Å². The molecule has 4 nitrogen and oxygen atoms in total. The maximum Gasteiger partial charge on any atom is 0.251 e. The Hall–Kier alpha value is -2.31. The second-order valence-corrected chi connectivity index (χ2v) is 7.88. The molecule has 0 aliphatic heterocycles. The van der Waals surface area contributed by atoms with Crippen molar-refractivity contribution in [1.29, 1.82) is 0 Å². The minimum Gasteiger partial charge on any atom is -0.496 e. The van der Waals surface area contributed by atoms with Crippen molar-refractivity contribution < 1.29 is 9.53 Å². The maximum atomic E-state index is 12.4. The third-order valence-corrected chi connectivity index (χ3v) is 5.78. The second kappa shape index (κ2) is 9.58. The predicted molar refractivity (Wildman–Crippen MR) is 112 cm³/mol. The van der Waals surface area contributed by atoms with Crippen molar-refractivity contribution in [3.63, 3.8) is 0 Å². The van der Waals surface area contributed by atoms with Gasteiger partial charge in [-0.05, 0) is 49.2 Å². The fraction of sp³-hybridized carbons (Fsp3) is 0.238.